The van der Waals surface area contributed by atoms with Crippen molar-refractivity contribution in [1.29, 1.82) is 0 Å². The van der Waals surface area contributed by atoms with E-state index in [1.165, 1.54) is 17.5 Å². The SMILES string of the molecule is COCc1cc(C(O)(C(F)(F)F)C(F)(F)F)ccc1N1CCN(S(=O)(=O)c2cccs2)CC1. The number of piperazine rings is 1. The quantitative estimate of drug-likeness (QED) is 0.591. The average molecular weight is 519 g/mol. The highest BCUT2D eigenvalue weighted by molar-refractivity contribution is 7.91. The summed E-state index contributed by atoms with van der Waals surface area (Å²) >= 11 is 1.07. The van der Waals surface area contributed by atoms with Gasteiger partial charge in [-0.1, -0.05) is 12.1 Å². The van der Waals surface area contributed by atoms with Crippen molar-refractivity contribution < 1.29 is 44.6 Å². The number of methoxy groups -OCH3 is 1. The van der Waals surface area contributed by atoms with E-state index in [4.69, 9.17) is 4.74 Å². The van der Waals surface area contributed by atoms with Gasteiger partial charge in [-0.15, -0.1) is 11.3 Å². The standard InChI is InChI=1S/C19H20F6N2O4S2/c1-31-12-13-11-14(17(28,18(20,21)22)19(23,24)25)4-5-15(13)26-6-8-27(9-7-26)33(29,30)16-3-2-10-32-16/h2-5,10-11,28H,6-9,12H2,1H3. The summed E-state index contributed by atoms with van der Waals surface area (Å²) in [4.78, 5) is 1.65. The van der Waals surface area contributed by atoms with Gasteiger partial charge in [0.15, 0.2) is 0 Å². The Bertz CT molecular complexity index is 1050. The molecule has 2 aromatic rings. The normalized spacial score (nSPS) is 16.9. The number of thiophene rings is 1. The van der Waals surface area contributed by atoms with Crippen molar-refractivity contribution >= 4 is 27.0 Å². The highest BCUT2D eigenvalue weighted by atomic mass is 32.2. The number of alkyl halides is 6. The third-order valence-electron chi connectivity index (χ3n) is 5.29. The van der Waals surface area contributed by atoms with Crippen LogP contribution >= 0.6 is 11.3 Å². The van der Waals surface area contributed by atoms with Gasteiger partial charge in [0.2, 0.25) is 0 Å². The van der Waals surface area contributed by atoms with Crippen LogP contribution in [0.2, 0.25) is 0 Å². The summed E-state index contributed by atoms with van der Waals surface area (Å²) in [6.07, 6.45) is -12.0. The fourth-order valence-electron chi connectivity index (χ4n) is 3.59. The number of sulfonamides is 1. The second-order valence-electron chi connectivity index (χ2n) is 7.31. The van der Waals surface area contributed by atoms with Crippen LogP contribution in [0.1, 0.15) is 11.1 Å². The summed E-state index contributed by atoms with van der Waals surface area (Å²) in [6.45, 7) is 0.141. The Morgan fingerprint density at radius 2 is 1.64 bits per heavy atom. The second-order valence-corrected chi connectivity index (χ2v) is 10.4. The third-order valence-corrected chi connectivity index (χ3v) is 8.56. The third kappa shape index (κ3) is 4.71. The first-order valence-electron chi connectivity index (χ1n) is 9.50. The first kappa shape index (κ1) is 25.7. The Morgan fingerprint density at radius 1 is 1.03 bits per heavy atom. The molecule has 0 saturated carbocycles. The van der Waals surface area contributed by atoms with Gasteiger partial charge in [0.1, 0.15) is 4.21 Å². The first-order valence-corrected chi connectivity index (χ1v) is 11.8. The lowest BCUT2D eigenvalue weighted by Gasteiger charge is -2.37. The first-order chi connectivity index (χ1) is 15.2. The number of rotatable bonds is 6. The lowest BCUT2D eigenvalue weighted by atomic mass is 9.90. The van der Waals surface area contributed by atoms with Crippen molar-refractivity contribution in [1.82, 2.24) is 4.31 Å². The molecule has 0 unspecified atom stereocenters. The second kappa shape index (κ2) is 9.06. The van der Waals surface area contributed by atoms with Crippen LogP contribution in [0.5, 0.6) is 0 Å². The molecule has 3 rings (SSSR count). The maximum atomic E-state index is 13.3. The summed E-state index contributed by atoms with van der Waals surface area (Å²) < 4.78 is 111. The van der Waals surface area contributed by atoms with Gasteiger partial charge >= 0.3 is 12.4 Å². The molecule has 0 amide bonds. The topological polar surface area (TPSA) is 70.1 Å². The van der Waals surface area contributed by atoms with Crippen LogP contribution < -0.4 is 4.90 Å². The molecule has 1 aromatic carbocycles. The zero-order valence-corrected chi connectivity index (χ0v) is 18.8. The highest BCUT2D eigenvalue weighted by Crippen LogP contribution is 2.50. The number of anilines is 1. The van der Waals surface area contributed by atoms with Gasteiger partial charge in [-0.2, -0.15) is 30.6 Å². The average Bonchev–Trinajstić information content (AvgIpc) is 3.28. The molecule has 2 heterocycles. The van der Waals surface area contributed by atoms with E-state index in [9.17, 15) is 39.9 Å². The molecule has 0 radical (unpaired) electrons. The zero-order valence-electron chi connectivity index (χ0n) is 17.2. The van der Waals surface area contributed by atoms with Crippen LogP contribution in [0, 0.1) is 0 Å². The van der Waals surface area contributed by atoms with Gasteiger partial charge in [0.25, 0.3) is 15.6 Å². The molecule has 0 spiro atoms. The molecule has 0 atom stereocenters. The molecule has 1 aliphatic rings. The van der Waals surface area contributed by atoms with Crippen LogP contribution in [0.25, 0.3) is 0 Å². The highest BCUT2D eigenvalue weighted by Gasteiger charge is 2.71. The largest absolute Gasteiger partial charge is 0.430 e. The Hall–Kier alpha value is -1.87. The van der Waals surface area contributed by atoms with Gasteiger partial charge in [-0.25, -0.2) is 8.42 Å². The van der Waals surface area contributed by atoms with Crippen molar-refractivity contribution in [3.8, 4) is 0 Å². The number of nitrogens with zero attached hydrogens (tertiary/aromatic N) is 2. The van der Waals surface area contributed by atoms with E-state index in [0.717, 1.165) is 17.4 Å². The molecular weight excluding hydrogens is 498 g/mol. The maximum absolute atomic E-state index is 13.3. The van der Waals surface area contributed by atoms with E-state index in [1.807, 2.05) is 0 Å². The number of ether oxygens (including phenoxy) is 1. The van der Waals surface area contributed by atoms with Crippen molar-refractivity contribution in [3.63, 3.8) is 0 Å². The van der Waals surface area contributed by atoms with E-state index >= 15 is 0 Å². The molecule has 0 bridgehead atoms. The summed E-state index contributed by atoms with van der Waals surface area (Å²) in [5, 5.41) is 11.3. The van der Waals surface area contributed by atoms with Crippen LogP contribution in [-0.4, -0.2) is 63.5 Å². The lowest BCUT2D eigenvalue weighted by Crippen LogP contribution is -2.54. The minimum absolute atomic E-state index is 0.00325. The van der Waals surface area contributed by atoms with Gasteiger partial charge in [-0.3, -0.25) is 0 Å². The Labute approximate surface area is 190 Å². The van der Waals surface area contributed by atoms with E-state index in [2.05, 4.69) is 0 Å². The van der Waals surface area contributed by atoms with Crippen LogP contribution in [0.15, 0.2) is 39.9 Å². The van der Waals surface area contributed by atoms with Crippen LogP contribution in [0.3, 0.4) is 0 Å². The monoisotopic (exact) mass is 518 g/mol. The predicted molar refractivity (Wildman–Crippen MR) is 108 cm³/mol. The van der Waals surface area contributed by atoms with Crippen molar-refractivity contribution in [2.75, 3.05) is 38.2 Å². The zero-order chi connectivity index (χ0) is 24.7. The fraction of sp³-hybridized carbons (Fsp3) is 0.474. The minimum atomic E-state index is -6.00. The van der Waals surface area contributed by atoms with Gasteiger partial charge in [0, 0.05) is 50.1 Å². The number of aliphatic hydroxyl groups is 1. The van der Waals surface area contributed by atoms with E-state index < -0.39 is 33.5 Å². The smallest absolute Gasteiger partial charge is 0.380 e. The van der Waals surface area contributed by atoms with Gasteiger partial charge in [-0.05, 0) is 23.6 Å². The minimum Gasteiger partial charge on any atom is -0.380 e. The summed E-state index contributed by atoms with van der Waals surface area (Å²) in [5.41, 5.74) is -6.14. The van der Waals surface area contributed by atoms with Crippen molar-refractivity contribution in [2.24, 2.45) is 0 Å². The number of hydrogen-bond donors (Lipinski definition) is 1. The molecule has 1 N–H and O–H groups in total. The molecule has 1 saturated heterocycles. The van der Waals surface area contributed by atoms with Crippen molar-refractivity contribution in [2.45, 2.75) is 28.8 Å². The molecular formula is C19H20F6N2O4S2. The molecule has 184 valence electrons. The Kier molecular flexibility index (Phi) is 7.07. The maximum Gasteiger partial charge on any atom is 0.430 e. The predicted octanol–water partition coefficient (Wildman–Crippen LogP) is 3.72. The fourth-order valence-corrected chi connectivity index (χ4v) is 6.15. The summed E-state index contributed by atoms with van der Waals surface area (Å²) in [7, 11) is -2.46. The Balaban J connectivity index is 1.89. The number of hydrogen-bond acceptors (Lipinski definition) is 6. The molecule has 33 heavy (non-hydrogen) atoms. The lowest BCUT2D eigenvalue weighted by molar-refractivity contribution is -0.376. The Morgan fingerprint density at radius 3 is 2.12 bits per heavy atom. The molecule has 14 heteroatoms. The summed E-state index contributed by atoms with van der Waals surface area (Å²) in [6, 6.07) is 5.33. The van der Waals surface area contributed by atoms with Crippen LogP contribution in [0.4, 0.5) is 32.0 Å². The van der Waals surface area contributed by atoms with Crippen LogP contribution in [-0.2, 0) is 27.0 Å². The van der Waals surface area contributed by atoms with Gasteiger partial charge in [0.05, 0.1) is 6.61 Å². The molecule has 1 aromatic heterocycles. The van der Waals surface area contributed by atoms with E-state index in [-0.39, 0.29) is 42.6 Å². The summed E-state index contributed by atoms with van der Waals surface area (Å²) in [5.74, 6) is 0. The van der Waals surface area contributed by atoms with E-state index in [1.54, 1.807) is 16.3 Å². The molecule has 0 aliphatic carbocycles. The number of halogens is 6. The van der Waals surface area contributed by atoms with Gasteiger partial charge < -0.3 is 14.7 Å². The molecule has 1 fully saturated rings. The number of benzene rings is 1. The van der Waals surface area contributed by atoms with E-state index in [0.29, 0.717) is 17.8 Å². The molecule has 6 nitrogen and oxygen atoms in total. The van der Waals surface area contributed by atoms with Crippen molar-refractivity contribution in [3.05, 3.63) is 46.8 Å². The molecule has 1 aliphatic heterocycles.